The highest BCUT2D eigenvalue weighted by atomic mass is 16.5. The molecule has 1 aliphatic heterocycles. The number of ether oxygens (including phenoxy) is 2. The van der Waals surface area contributed by atoms with Gasteiger partial charge in [0.25, 0.3) is 0 Å². The first-order chi connectivity index (χ1) is 7.74. The number of nitrogens with one attached hydrogen (secondary N) is 1. The van der Waals surface area contributed by atoms with E-state index in [-0.39, 0.29) is 19.8 Å². The van der Waals surface area contributed by atoms with Crippen LogP contribution in [0.1, 0.15) is 0 Å². The molecule has 1 aromatic carbocycles. The summed E-state index contributed by atoms with van der Waals surface area (Å²) in [7, 11) is 1.57. The van der Waals surface area contributed by atoms with Crippen LogP contribution >= 0.6 is 0 Å². The Bertz CT molecular complexity index is 376. The molecule has 1 aliphatic rings. The van der Waals surface area contributed by atoms with E-state index in [9.17, 15) is 10.2 Å². The van der Waals surface area contributed by atoms with Gasteiger partial charge in [0.1, 0.15) is 12.1 Å². The van der Waals surface area contributed by atoms with Crippen LogP contribution in [0, 0.1) is 0 Å². The number of rotatable bonds is 3. The van der Waals surface area contributed by atoms with Crippen molar-refractivity contribution in [1.29, 1.82) is 0 Å². The molecule has 0 amide bonds. The molecule has 0 spiro atoms. The summed E-state index contributed by atoms with van der Waals surface area (Å²) in [6.07, 6.45) is 0. The fourth-order valence-corrected chi connectivity index (χ4v) is 1.68. The molecular weight excluding hydrogens is 210 g/mol. The van der Waals surface area contributed by atoms with Gasteiger partial charge in [-0.1, -0.05) is 6.07 Å². The number of para-hydroxylation sites is 1. The Balaban J connectivity index is 2.34. The van der Waals surface area contributed by atoms with Gasteiger partial charge in [-0.15, -0.1) is 0 Å². The van der Waals surface area contributed by atoms with Crippen molar-refractivity contribution in [1.82, 2.24) is 0 Å². The minimum absolute atomic E-state index is 0.194. The van der Waals surface area contributed by atoms with Gasteiger partial charge in [0.15, 0.2) is 11.5 Å². The van der Waals surface area contributed by atoms with E-state index in [0.717, 1.165) is 0 Å². The molecule has 0 unspecified atom stereocenters. The topological polar surface area (TPSA) is 71.0 Å². The Kier molecular flexibility index (Phi) is 2.89. The Morgan fingerprint density at radius 3 is 2.81 bits per heavy atom. The molecule has 0 bridgehead atoms. The predicted molar refractivity (Wildman–Crippen MR) is 59.0 cm³/mol. The van der Waals surface area contributed by atoms with Gasteiger partial charge in [-0.3, -0.25) is 0 Å². The van der Waals surface area contributed by atoms with Crippen LogP contribution in [-0.4, -0.2) is 42.7 Å². The van der Waals surface area contributed by atoms with Crippen molar-refractivity contribution in [2.24, 2.45) is 0 Å². The standard InChI is InChI=1S/C11H15NO4/c1-15-9-4-2-3-8-10(9)16-7-11(5-13,6-14)12-8/h2-4,12-14H,5-7H2,1H3. The van der Waals surface area contributed by atoms with Gasteiger partial charge in [-0.25, -0.2) is 0 Å². The molecule has 0 aromatic heterocycles. The molecule has 0 fully saturated rings. The van der Waals surface area contributed by atoms with Crippen LogP contribution in [0.3, 0.4) is 0 Å². The number of aliphatic hydroxyl groups excluding tert-OH is 2. The summed E-state index contributed by atoms with van der Waals surface area (Å²) in [5.41, 5.74) is -0.104. The quantitative estimate of drug-likeness (QED) is 0.686. The third-order valence-electron chi connectivity index (χ3n) is 2.70. The van der Waals surface area contributed by atoms with Gasteiger partial charge < -0.3 is 25.0 Å². The molecule has 0 radical (unpaired) electrons. The normalized spacial score (nSPS) is 16.9. The monoisotopic (exact) mass is 225 g/mol. The molecule has 0 aliphatic carbocycles. The molecule has 5 nitrogen and oxygen atoms in total. The predicted octanol–water partition coefficient (Wildman–Crippen LogP) is 0.223. The molecule has 0 saturated carbocycles. The van der Waals surface area contributed by atoms with Crippen LogP contribution in [0.4, 0.5) is 5.69 Å². The molecule has 5 heteroatoms. The van der Waals surface area contributed by atoms with Crippen molar-refractivity contribution >= 4 is 5.69 Å². The maximum Gasteiger partial charge on any atom is 0.184 e. The zero-order valence-electron chi connectivity index (χ0n) is 9.06. The van der Waals surface area contributed by atoms with Crippen LogP contribution in [-0.2, 0) is 0 Å². The van der Waals surface area contributed by atoms with E-state index in [2.05, 4.69) is 5.32 Å². The largest absolute Gasteiger partial charge is 0.493 e. The third-order valence-corrected chi connectivity index (χ3v) is 2.70. The van der Waals surface area contributed by atoms with Gasteiger partial charge in [-0.2, -0.15) is 0 Å². The molecule has 3 N–H and O–H groups in total. The van der Waals surface area contributed by atoms with Gasteiger partial charge in [0.05, 0.1) is 26.0 Å². The first-order valence-corrected chi connectivity index (χ1v) is 5.04. The molecular formula is C11H15NO4. The van der Waals surface area contributed by atoms with Crippen molar-refractivity contribution in [3.8, 4) is 11.5 Å². The van der Waals surface area contributed by atoms with E-state index in [1.54, 1.807) is 13.2 Å². The number of aliphatic hydroxyl groups is 2. The van der Waals surface area contributed by atoms with Crippen molar-refractivity contribution < 1.29 is 19.7 Å². The maximum atomic E-state index is 9.26. The van der Waals surface area contributed by atoms with Gasteiger partial charge in [-0.05, 0) is 12.1 Å². The lowest BCUT2D eigenvalue weighted by molar-refractivity contribution is 0.0835. The summed E-state index contributed by atoms with van der Waals surface area (Å²) < 4.78 is 10.7. The summed E-state index contributed by atoms with van der Waals surface area (Å²) in [6, 6.07) is 5.43. The number of anilines is 1. The summed E-state index contributed by atoms with van der Waals surface area (Å²) in [6.45, 7) is -0.187. The number of hydrogen-bond donors (Lipinski definition) is 3. The highest BCUT2D eigenvalue weighted by molar-refractivity contribution is 5.65. The van der Waals surface area contributed by atoms with Crippen LogP contribution in [0.15, 0.2) is 18.2 Å². The highest BCUT2D eigenvalue weighted by Gasteiger charge is 2.35. The fraction of sp³-hybridized carbons (Fsp3) is 0.455. The molecule has 2 rings (SSSR count). The Morgan fingerprint density at radius 1 is 1.44 bits per heavy atom. The molecule has 1 heterocycles. The van der Waals surface area contributed by atoms with E-state index in [1.807, 2.05) is 12.1 Å². The smallest absolute Gasteiger partial charge is 0.184 e. The van der Waals surface area contributed by atoms with Gasteiger partial charge in [0.2, 0.25) is 0 Å². The lowest BCUT2D eigenvalue weighted by Crippen LogP contribution is -2.53. The van der Waals surface area contributed by atoms with E-state index < -0.39 is 5.54 Å². The lowest BCUT2D eigenvalue weighted by Gasteiger charge is -2.37. The number of methoxy groups -OCH3 is 1. The number of fused-ring (bicyclic) bond motifs is 1. The molecule has 88 valence electrons. The Morgan fingerprint density at radius 2 is 2.19 bits per heavy atom. The minimum atomic E-state index is -0.820. The average molecular weight is 225 g/mol. The number of hydrogen-bond acceptors (Lipinski definition) is 5. The first kappa shape index (κ1) is 11.0. The van der Waals surface area contributed by atoms with E-state index in [4.69, 9.17) is 9.47 Å². The fourth-order valence-electron chi connectivity index (χ4n) is 1.68. The zero-order chi connectivity index (χ0) is 11.6. The van der Waals surface area contributed by atoms with Crippen molar-refractivity contribution in [3.63, 3.8) is 0 Å². The summed E-state index contributed by atoms with van der Waals surface area (Å²) in [5.74, 6) is 1.25. The summed E-state index contributed by atoms with van der Waals surface area (Å²) in [5, 5.41) is 21.6. The van der Waals surface area contributed by atoms with Crippen molar-refractivity contribution in [3.05, 3.63) is 18.2 Å². The second-order valence-electron chi connectivity index (χ2n) is 3.85. The molecule has 16 heavy (non-hydrogen) atoms. The Hall–Kier alpha value is -1.46. The van der Waals surface area contributed by atoms with Crippen molar-refractivity contribution in [2.45, 2.75) is 5.54 Å². The third kappa shape index (κ3) is 1.68. The van der Waals surface area contributed by atoms with Crippen LogP contribution < -0.4 is 14.8 Å². The zero-order valence-corrected chi connectivity index (χ0v) is 9.06. The summed E-state index contributed by atoms with van der Waals surface area (Å²) >= 11 is 0. The molecule has 1 aromatic rings. The minimum Gasteiger partial charge on any atom is -0.493 e. The van der Waals surface area contributed by atoms with Crippen LogP contribution in [0.5, 0.6) is 11.5 Å². The second kappa shape index (κ2) is 4.19. The first-order valence-electron chi connectivity index (χ1n) is 5.04. The highest BCUT2D eigenvalue weighted by Crippen LogP contribution is 2.39. The molecule has 0 saturated heterocycles. The summed E-state index contributed by atoms with van der Waals surface area (Å²) in [4.78, 5) is 0. The SMILES string of the molecule is COc1cccc2c1OCC(CO)(CO)N2. The Labute approximate surface area is 93.6 Å². The van der Waals surface area contributed by atoms with Crippen LogP contribution in [0.2, 0.25) is 0 Å². The lowest BCUT2D eigenvalue weighted by atomic mass is 10.0. The van der Waals surface area contributed by atoms with E-state index in [1.165, 1.54) is 0 Å². The molecule has 0 atom stereocenters. The van der Waals surface area contributed by atoms with Gasteiger partial charge in [0, 0.05) is 0 Å². The van der Waals surface area contributed by atoms with Crippen LogP contribution in [0.25, 0.3) is 0 Å². The van der Waals surface area contributed by atoms with E-state index in [0.29, 0.717) is 17.2 Å². The maximum absolute atomic E-state index is 9.26. The number of benzene rings is 1. The second-order valence-corrected chi connectivity index (χ2v) is 3.85. The van der Waals surface area contributed by atoms with Crippen molar-refractivity contribution in [2.75, 3.05) is 32.2 Å². The average Bonchev–Trinajstić information content (AvgIpc) is 2.37. The van der Waals surface area contributed by atoms with E-state index >= 15 is 0 Å². The van der Waals surface area contributed by atoms with Gasteiger partial charge >= 0.3 is 0 Å².